The molecule has 2 heterocycles. The van der Waals surface area contributed by atoms with Gasteiger partial charge >= 0.3 is 0 Å². The lowest BCUT2D eigenvalue weighted by Crippen LogP contribution is -2.25. The molecule has 4 nitrogen and oxygen atoms in total. The van der Waals surface area contributed by atoms with Gasteiger partial charge in [-0.15, -0.1) is 11.3 Å². The van der Waals surface area contributed by atoms with Gasteiger partial charge in [0.25, 0.3) is 0 Å². The minimum Gasteiger partial charge on any atom is -0.310 e. The normalized spacial score (nSPS) is 13.0. The second kappa shape index (κ2) is 8.24. The summed E-state index contributed by atoms with van der Waals surface area (Å²) in [5, 5.41) is 10.3. The molecule has 1 unspecified atom stereocenters. The average molecular weight is 418 g/mol. The number of aromatic nitrogens is 3. The Morgan fingerprint density at radius 3 is 2.86 bits per heavy atom. The van der Waals surface area contributed by atoms with Gasteiger partial charge in [0, 0.05) is 19.0 Å². The van der Waals surface area contributed by atoms with Gasteiger partial charge < -0.3 is 5.32 Å². The number of hydrogen-bond acceptors (Lipinski definition) is 4. The van der Waals surface area contributed by atoms with E-state index in [9.17, 15) is 0 Å². The molecule has 0 saturated carbocycles. The molecular formula is C15H23IN4S. The number of thiophene rings is 1. The van der Waals surface area contributed by atoms with Crippen molar-refractivity contribution < 1.29 is 0 Å². The van der Waals surface area contributed by atoms with Crippen LogP contribution in [-0.4, -0.2) is 21.3 Å². The van der Waals surface area contributed by atoms with Crippen LogP contribution in [0.2, 0.25) is 0 Å². The molecule has 0 aliphatic rings. The van der Waals surface area contributed by atoms with Crippen molar-refractivity contribution in [2.75, 3.05) is 6.54 Å². The Balaban J connectivity index is 2.13. The number of nitrogens with one attached hydrogen (secondary N) is 1. The molecule has 2 aromatic heterocycles. The lowest BCUT2D eigenvalue weighted by molar-refractivity contribution is 0.444. The van der Waals surface area contributed by atoms with Gasteiger partial charge in [0.1, 0.15) is 12.2 Å². The Labute approximate surface area is 144 Å². The van der Waals surface area contributed by atoms with Crippen LogP contribution in [0.25, 0.3) is 0 Å². The van der Waals surface area contributed by atoms with E-state index in [4.69, 9.17) is 0 Å². The second-order valence-corrected chi connectivity index (χ2v) is 8.45. The van der Waals surface area contributed by atoms with Gasteiger partial charge in [0.2, 0.25) is 0 Å². The first-order chi connectivity index (χ1) is 10.1. The van der Waals surface area contributed by atoms with Crippen molar-refractivity contribution in [1.29, 1.82) is 0 Å². The number of hydrogen-bond donors (Lipinski definition) is 1. The monoisotopic (exact) mass is 418 g/mol. The van der Waals surface area contributed by atoms with Crippen LogP contribution in [0.1, 0.15) is 44.6 Å². The van der Waals surface area contributed by atoms with Gasteiger partial charge in [-0.2, -0.15) is 5.10 Å². The number of halogens is 1. The Morgan fingerprint density at radius 1 is 1.43 bits per heavy atom. The molecule has 0 aliphatic carbocycles. The van der Waals surface area contributed by atoms with Gasteiger partial charge in [-0.1, -0.05) is 20.8 Å². The van der Waals surface area contributed by atoms with Crippen LogP contribution >= 0.6 is 33.9 Å². The maximum Gasteiger partial charge on any atom is 0.138 e. The van der Waals surface area contributed by atoms with Crippen LogP contribution < -0.4 is 5.32 Å². The maximum absolute atomic E-state index is 4.46. The molecule has 21 heavy (non-hydrogen) atoms. The fourth-order valence-corrected chi connectivity index (χ4v) is 3.69. The van der Waals surface area contributed by atoms with E-state index in [1.54, 1.807) is 17.7 Å². The van der Waals surface area contributed by atoms with Gasteiger partial charge in [-0.3, -0.25) is 0 Å². The van der Waals surface area contributed by atoms with E-state index in [2.05, 4.69) is 70.2 Å². The summed E-state index contributed by atoms with van der Waals surface area (Å²) in [6.07, 6.45) is 3.70. The van der Waals surface area contributed by atoms with E-state index < -0.39 is 0 Å². The summed E-state index contributed by atoms with van der Waals surface area (Å²) in [4.78, 5) is 4.46. The quantitative estimate of drug-likeness (QED) is 0.662. The van der Waals surface area contributed by atoms with Crippen molar-refractivity contribution in [3.05, 3.63) is 32.0 Å². The Kier molecular flexibility index (Phi) is 6.63. The van der Waals surface area contributed by atoms with Crippen molar-refractivity contribution in [1.82, 2.24) is 20.1 Å². The number of rotatable bonds is 8. The highest BCUT2D eigenvalue weighted by atomic mass is 127. The van der Waals surface area contributed by atoms with Gasteiger partial charge in [0.15, 0.2) is 0 Å². The van der Waals surface area contributed by atoms with E-state index in [0.29, 0.717) is 12.0 Å². The summed E-state index contributed by atoms with van der Waals surface area (Å²) in [7, 11) is 0. The zero-order valence-electron chi connectivity index (χ0n) is 12.8. The summed E-state index contributed by atoms with van der Waals surface area (Å²) in [6.45, 7) is 8.56. The minimum absolute atomic E-state index is 0.319. The molecular weight excluding hydrogens is 395 g/mol. The molecule has 6 heteroatoms. The summed E-state index contributed by atoms with van der Waals surface area (Å²) in [5.41, 5.74) is 1.36. The zero-order valence-corrected chi connectivity index (χ0v) is 15.8. The third-order valence-electron chi connectivity index (χ3n) is 3.25. The minimum atomic E-state index is 0.319. The molecule has 0 spiro atoms. The molecule has 0 radical (unpaired) electrons. The van der Waals surface area contributed by atoms with Crippen molar-refractivity contribution in [2.24, 2.45) is 5.92 Å². The standard InChI is InChI=1S/C15H23IN4S/c1-4-5-17-13(12-6-14(16)21-9-12)7-15-18-10-19-20(15)8-11(2)3/h6,9-11,13,17H,4-5,7-8H2,1-3H3. The fourth-order valence-electron chi connectivity index (χ4n) is 2.26. The summed E-state index contributed by atoms with van der Waals surface area (Å²) in [6, 6.07) is 2.58. The molecule has 0 aliphatic heterocycles. The van der Waals surface area contributed by atoms with Crippen LogP contribution in [0.15, 0.2) is 17.8 Å². The first kappa shape index (κ1) is 16.9. The smallest absolute Gasteiger partial charge is 0.138 e. The van der Waals surface area contributed by atoms with Crippen LogP contribution in [0.4, 0.5) is 0 Å². The van der Waals surface area contributed by atoms with E-state index in [1.807, 2.05) is 4.68 Å². The second-order valence-electron chi connectivity index (χ2n) is 5.65. The van der Waals surface area contributed by atoms with Crippen LogP contribution in [0, 0.1) is 8.80 Å². The molecule has 1 N–H and O–H groups in total. The zero-order chi connectivity index (χ0) is 15.2. The van der Waals surface area contributed by atoms with Crippen LogP contribution in [0.3, 0.4) is 0 Å². The van der Waals surface area contributed by atoms with E-state index in [1.165, 1.54) is 8.45 Å². The summed E-state index contributed by atoms with van der Waals surface area (Å²) < 4.78 is 3.37. The molecule has 0 fully saturated rings. The van der Waals surface area contributed by atoms with Crippen molar-refractivity contribution in [3.8, 4) is 0 Å². The first-order valence-corrected chi connectivity index (χ1v) is 9.40. The van der Waals surface area contributed by atoms with Crippen molar-refractivity contribution >= 4 is 33.9 Å². The Hall–Kier alpha value is -0.470. The predicted molar refractivity (Wildman–Crippen MR) is 96.6 cm³/mol. The average Bonchev–Trinajstić information content (AvgIpc) is 3.03. The van der Waals surface area contributed by atoms with Crippen molar-refractivity contribution in [3.63, 3.8) is 0 Å². The van der Waals surface area contributed by atoms with Crippen LogP contribution in [0.5, 0.6) is 0 Å². The lowest BCUT2D eigenvalue weighted by atomic mass is 10.1. The van der Waals surface area contributed by atoms with Crippen LogP contribution in [-0.2, 0) is 13.0 Å². The highest BCUT2D eigenvalue weighted by Crippen LogP contribution is 2.24. The largest absolute Gasteiger partial charge is 0.310 e. The first-order valence-electron chi connectivity index (χ1n) is 7.44. The van der Waals surface area contributed by atoms with E-state index >= 15 is 0 Å². The molecule has 2 rings (SSSR count). The van der Waals surface area contributed by atoms with Gasteiger partial charge in [0.05, 0.1) is 2.88 Å². The van der Waals surface area contributed by atoms with Crippen molar-refractivity contribution in [2.45, 2.75) is 46.2 Å². The highest BCUT2D eigenvalue weighted by Gasteiger charge is 2.17. The highest BCUT2D eigenvalue weighted by molar-refractivity contribution is 14.1. The SMILES string of the molecule is CCCNC(Cc1ncnn1CC(C)C)c1csc(I)c1. The molecule has 0 aromatic carbocycles. The molecule has 0 saturated heterocycles. The molecule has 116 valence electrons. The number of nitrogens with zero attached hydrogens (tertiary/aromatic N) is 3. The topological polar surface area (TPSA) is 42.7 Å². The van der Waals surface area contributed by atoms with Gasteiger partial charge in [-0.05, 0) is 58.5 Å². The fraction of sp³-hybridized carbons (Fsp3) is 0.600. The lowest BCUT2D eigenvalue weighted by Gasteiger charge is -2.18. The van der Waals surface area contributed by atoms with E-state index in [0.717, 1.165) is 31.8 Å². The Bertz CT molecular complexity index is 549. The molecule has 2 aromatic rings. The molecule has 0 amide bonds. The third kappa shape index (κ3) is 5.03. The predicted octanol–water partition coefficient (Wildman–Crippen LogP) is 3.88. The molecule has 0 bridgehead atoms. The molecule has 1 atom stereocenters. The van der Waals surface area contributed by atoms with Gasteiger partial charge in [-0.25, -0.2) is 9.67 Å². The summed E-state index contributed by atoms with van der Waals surface area (Å²) >= 11 is 4.18. The Morgan fingerprint density at radius 2 is 2.24 bits per heavy atom. The van der Waals surface area contributed by atoms with E-state index in [-0.39, 0.29) is 0 Å². The third-order valence-corrected chi connectivity index (χ3v) is 5.06. The maximum atomic E-state index is 4.46. The summed E-state index contributed by atoms with van der Waals surface area (Å²) in [5.74, 6) is 1.65.